The molecule has 0 atom stereocenters. The smallest absolute Gasteiger partial charge is 0.179 e. The molecular formula is C19H24N6. The largest absolute Gasteiger partial charge is 0.395 e. The number of aromatic nitrogens is 3. The summed E-state index contributed by atoms with van der Waals surface area (Å²) in [6.07, 6.45) is 1.59. The highest BCUT2D eigenvalue weighted by Gasteiger charge is 2.27. The van der Waals surface area contributed by atoms with Crippen LogP contribution in [0.3, 0.4) is 0 Å². The first-order valence-electron chi connectivity index (χ1n) is 8.84. The van der Waals surface area contributed by atoms with E-state index in [9.17, 15) is 0 Å². The van der Waals surface area contributed by atoms with Crippen LogP contribution in [0, 0.1) is 0 Å². The van der Waals surface area contributed by atoms with Gasteiger partial charge in [0.1, 0.15) is 6.33 Å². The highest BCUT2D eigenvalue weighted by molar-refractivity contribution is 5.95. The van der Waals surface area contributed by atoms with Crippen LogP contribution in [0.25, 0.3) is 16.8 Å². The van der Waals surface area contributed by atoms with Gasteiger partial charge in [-0.2, -0.15) is 5.10 Å². The summed E-state index contributed by atoms with van der Waals surface area (Å²) in [6, 6.07) is 10.4. The van der Waals surface area contributed by atoms with Crippen molar-refractivity contribution >= 4 is 17.0 Å². The van der Waals surface area contributed by atoms with Crippen LogP contribution in [-0.4, -0.2) is 40.8 Å². The number of rotatable bonds is 3. The summed E-state index contributed by atoms with van der Waals surface area (Å²) in [4.78, 5) is 6.87. The van der Waals surface area contributed by atoms with Crippen molar-refractivity contribution in [2.75, 3.05) is 36.8 Å². The Balaban J connectivity index is 2.08. The highest BCUT2D eigenvalue weighted by atomic mass is 15.3. The third kappa shape index (κ3) is 2.62. The number of pyridine rings is 1. The van der Waals surface area contributed by atoms with Crippen molar-refractivity contribution in [1.82, 2.24) is 19.9 Å². The van der Waals surface area contributed by atoms with Gasteiger partial charge < -0.3 is 16.0 Å². The molecule has 0 spiro atoms. The molecular weight excluding hydrogens is 312 g/mol. The number of fused-ring (bicyclic) bond motifs is 1. The number of nitrogens with two attached hydrogens (primary N) is 1. The molecule has 1 fully saturated rings. The maximum Gasteiger partial charge on any atom is 0.179 e. The molecule has 25 heavy (non-hydrogen) atoms. The summed E-state index contributed by atoms with van der Waals surface area (Å²) in [5.41, 5.74) is 12.6. The highest BCUT2D eigenvalue weighted by Crippen LogP contribution is 2.42. The summed E-state index contributed by atoms with van der Waals surface area (Å²) in [6.45, 7) is 8.26. The fourth-order valence-corrected chi connectivity index (χ4v) is 3.69. The second kappa shape index (κ2) is 6.37. The van der Waals surface area contributed by atoms with E-state index >= 15 is 0 Å². The van der Waals surface area contributed by atoms with E-state index in [-0.39, 0.29) is 0 Å². The molecule has 3 N–H and O–H groups in total. The van der Waals surface area contributed by atoms with Crippen molar-refractivity contribution in [3.63, 3.8) is 0 Å². The normalized spacial score (nSPS) is 15.2. The molecule has 0 amide bonds. The molecule has 6 heteroatoms. The fraction of sp³-hybridized carbons (Fsp3) is 0.368. The van der Waals surface area contributed by atoms with Crippen molar-refractivity contribution < 1.29 is 0 Å². The molecule has 0 saturated carbocycles. The average molecular weight is 336 g/mol. The van der Waals surface area contributed by atoms with Gasteiger partial charge in [-0.25, -0.2) is 9.50 Å². The molecule has 1 aromatic carbocycles. The molecule has 0 unspecified atom stereocenters. The third-order valence-corrected chi connectivity index (χ3v) is 4.81. The van der Waals surface area contributed by atoms with Crippen LogP contribution in [0.1, 0.15) is 25.5 Å². The molecule has 4 rings (SSSR count). The molecule has 3 aromatic rings. The quantitative estimate of drug-likeness (QED) is 0.769. The monoisotopic (exact) mass is 336 g/mol. The van der Waals surface area contributed by atoms with Crippen LogP contribution >= 0.6 is 0 Å². The van der Waals surface area contributed by atoms with E-state index in [1.807, 2.05) is 10.6 Å². The maximum atomic E-state index is 6.61. The standard InChI is InChI=1S/C19H24N6/c1-13(2)17-18(24-10-8-21-9-11-24)15(14-6-4-3-5-7-14)16(20)19-22-12-23-25(17)19/h3-7,12-13,21H,8-11,20H2,1-2H3. The van der Waals surface area contributed by atoms with E-state index in [4.69, 9.17) is 5.73 Å². The molecule has 2 aromatic heterocycles. The summed E-state index contributed by atoms with van der Waals surface area (Å²) in [5, 5.41) is 7.91. The number of hydrogen-bond donors (Lipinski definition) is 2. The third-order valence-electron chi connectivity index (χ3n) is 4.81. The zero-order valence-electron chi connectivity index (χ0n) is 14.7. The lowest BCUT2D eigenvalue weighted by molar-refractivity contribution is 0.584. The Bertz CT molecular complexity index is 878. The number of nitrogens with one attached hydrogen (secondary N) is 1. The lowest BCUT2D eigenvalue weighted by Gasteiger charge is -2.34. The van der Waals surface area contributed by atoms with Crippen LogP contribution in [0.15, 0.2) is 36.7 Å². The van der Waals surface area contributed by atoms with E-state index in [1.54, 1.807) is 6.33 Å². The lowest BCUT2D eigenvalue weighted by atomic mass is 9.96. The van der Waals surface area contributed by atoms with Crippen molar-refractivity contribution in [3.05, 3.63) is 42.4 Å². The first-order chi connectivity index (χ1) is 12.2. The Labute approximate surface area is 147 Å². The van der Waals surface area contributed by atoms with Gasteiger partial charge in [0.15, 0.2) is 5.65 Å². The molecule has 6 nitrogen and oxygen atoms in total. The van der Waals surface area contributed by atoms with Crippen LogP contribution in [0.2, 0.25) is 0 Å². The summed E-state index contributed by atoms with van der Waals surface area (Å²) in [7, 11) is 0. The summed E-state index contributed by atoms with van der Waals surface area (Å²) >= 11 is 0. The van der Waals surface area contributed by atoms with Gasteiger partial charge >= 0.3 is 0 Å². The van der Waals surface area contributed by atoms with E-state index in [1.165, 1.54) is 11.4 Å². The van der Waals surface area contributed by atoms with Gasteiger partial charge in [-0.15, -0.1) is 0 Å². The summed E-state index contributed by atoms with van der Waals surface area (Å²) < 4.78 is 1.92. The number of nitrogen functional groups attached to an aromatic ring is 1. The van der Waals surface area contributed by atoms with Crippen molar-refractivity contribution in [1.29, 1.82) is 0 Å². The average Bonchev–Trinajstić information content (AvgIpc) is 3.12. The Morgan fingerprint density at radius 1 is 1.12 bits per heavy atom. The van der Waals surface area contributed by atoms with Gasteiger partial charge in [0.2, 0.25) is 0 Å². The Hall–Kier alpha value is -2.60. The van der Waals surface area contributed by atoms with Crippen molar-refractivity contribution in [2.24, 2.45) is 0 Å². The molecule has 0 bridgehead atoms. The van der Waals surface area contributed by atoms with Gasteiger partial charge in [0.05, 0.1) is 17.1 Å². The van der Waals surface area contributed by atoms with Gasteiger partial charge in [-0.1, -0.05) is 44.2 Å². The van der Waals surface area contributed by atoms with Crippen molar-refractivity contribution in [2.45, 2.75) is 19.8 Å². The SMILES string of the molecule is CC(C)c1c(N2CCNCC2)c(-c2ccccc2)c(N)c2ncnn12. The van der Waals surface area contributed by atoms with Gasteiger partial charge in [-0.3, -0.25) is 0 Å². The van der Waals surface area contributed by atoms with Gasteiger partial charge in [-0.05, 0) is 11.5 Å². The van der Waals surface area contributed by atoms with Gasteiger partial charge in [0, 0.05) is 31.7 Å². The van der Waals surface area contributed by atoms with E-state index in [2.05, 4.69) is 58.4 Å². The Morgan fingerprint density at radius 3 is 2.52 bits per heavy atom. The first kappa shape index (κ1) is 15.9. The lowest BCUT2D eigenvalue weighted by Crippen LogP contribution is -2.44. The van der Waals surface area contributed by atoms with Crippen LogP contribution < -0.4 is 16.0 Å². The Morgan fingerprint density at radius 2 is 1.84 bits per heavy atom. The van der Waals surface area contributed by atoms with Crippen LogP contribution in [0.4, 0.5) is 11.4 Å². The molecule has 0 radical (unpaired) electrons. The number of benzene rings is 1. The number of nitrogens with zero attached hydrogens (tertiary/aromatic N) is 4. The predicted octanol–water partition coefficient (Wildman–Crippen LogP) is 2.51. The molecule has 3 heterocycles. The minimum atomic E-state index is 0.303. The minimum Gasteiger partial charge on any atom is -0.395 e. The molecule has 1 saturated heterocycles. The van der Waals surface area contributed by atoms with Gasteiger partial charge in [0.25, 0.3) is 0 Å². The predicted molar refractivity (Wildman–Crippen MR) is 102 cm³/mol. The molecule has 1 aliphatic rings. The topological polar surface area (TPSA) is 71.5 Å². The zero-order chi connectivity index (χ0) is 17.4. The van der Waals surface area contributed by atoms with E-state index < -0.39 is 0 Å². The first-order valence-corrected chi connectivity index (χ1v) is 8.84. The zero-order valence-corrected chi connectivity index (χ0v) is 14.7. The van der Waals surface area contributed by atoms with Crippen LogP contribution in [-0.2, 0) is 0 Å². The molecule has 0 aliphatic carbocycles. The van der Waals surface area contributed by atoms with E-state index in [0.29, 0.717) is 11.6 Å². The number of piperazine rings is 1. The minimum absolute atomic E-state index is 0.303. The van der Waals surface area contributed by atoms with Crippen LogP contribution in [0.5, 0.6) is 0 Å². The number of anilines is 2. The second-order valence-corrected chi connectivity index (χ2v) is 6.78. The summed E-state index contributed by atoms with van der Waals surface area (Å²) in [5.74, 6) is 0.303. The fourth-order valence-electron chi connectivity index (χ4n) is 3.69. The maximum absolute atomic E-state index is 6.61. The van der Waals surface area contributed by atoms with Crippen molar-refractivity contribution in [3.8, 4) is 11.1 Å². The molecule has 1 aliphatic heterocycles. The Kier molecular flexibility index (Phi) is 4.05. The molecule has 130 valence electrons. The number of hydrogen-bond acceptors (Lipinski definition) is 5. The van der Waals surface area contributed by atoms with E-state index in [0.717, 1.165) is 43.0 Å². The second-order valence-electron chi connectivity index (χ2n) is 6.78.